The van der Waals surface area contributed by atoms with E-state index in [0.29, 0.717) is 11.7 Å². The van der Waals surface area contributed by atoms with Gasteiger partial charge >= 0.3 is 0 Å². The maximum absolute atomic E-state index is 11.7. The number of ether oxygens (including phenoxy) is 1. The van der Waals surface area contributed by atoms with Crippen LogP contribution in [0.1, 0.15) is 38.3 Å². The molecule has 0 aliphatic heterocycles. The fourth-order valence-corrected chi connectivity index (χ4v) is 1.95. The first-order valence-electron chi connectivity index (χ1n) is 6.98. The zero-order chi connectivity index (χ0) is 15.1. The average molecular weight is 276 g/mol. The fraction of sp³-hybridized carbons (Fsp3) is 0.500. The first-order chi connectivity index (χ1) is 9.42. The number of rotatable bonds is 6. The largest absolute Gasteiger partial charge is 0.484 e. The number of nitrogens with one attached hydrogen (secondary N) is 1. The fourth-order valence-electron chi connectivity index (χ4n) is 1.95. The molecule has 0 aromatic heterocycles. The Kier molecular flexibility index (Phi) is 6.22. The minimum absolute atomic E-state index is 0.0263. The Labute approximate surface area is 121 Å². The molecule has 1 amide bonds. The van der Waals surface area contributed by atoms with E-state index in [1.165, 1.54) is 0 Å². The Hall–Kier alpha value is -1.84. The zero-order valence-electron chi connectivity index (χ0n) is 13.0. The van der Waals surface area contributed by atoms with Crippen molar-refractivity contribution in [3.63, 3.8) is 0 Å². The number of hydrogen-bond donors (Lipinski definition) is 1. The molecule has 4 nitrogen and oxygen atoms in total. The normalized spacial score (nSPS) is 11.6. The number of benzene rings is 1. The minimum Gasteiger partial charge on any atom is -0.484 e. The predicted octanol–water partition coefficient (Wildman–Crippen LogP) is 3.22. The summed E-state index contributed by atoms with van der Waals surface area (Å²) in [5.41, 5.74) is 5.75. The Morgan fingerprint density at radius 1 is 1.25 bits per heavy atom. The molecule has 0 spiro atoms. The quantitative estimate of drug-likeness (QED) is 0.640. The molecule has 0 radical (unpaired) electrons. The lowest BCUT2D eigenvalue weighted by Gasteiger charge is -2.09. The van der Waals surface area contributed by atoms with E-state index in [2.05, 4.69) is 30.4 Å². The van der Waals surface area contributed by atoms with Crippen molar-refractivity contribution in [2.24, 2.45) is 11.0 Å². The van der Waals surface area contributed by atoms with Gasteiger partial charge < -0.3 is 4.74 Å². The molecule has 4 heteroatoms. The van der Waals surface area contributed by atoms with E-state index in [0.717, 1.165) is 23.3 Å². The van der Waals surface area contributed by atoms with Crippen molar-refractivity contribution in [1.82, 2.24) is 5.43 Å². The molecular formula is C16H24N2O2. The predicted molar refractivity (Wildman–Crippen MR) is 82.1 cm³/mol. The summed E-state index contributed by atoms with van der Waals surface area (Å²) in [4.78, 5) is 11.7. The average Bonchev–Trinajstić information content (AvgIpc) is 2.35. The number of hydrazone groups is 1. The van der Waals surface area contributed by atoms with Crippen LogP contribution in [0.5, 0.6) is 5.75 Å². The third-order valence-corrected chi connectivity index (χ3v) is 2.92. The standard InChI is InChI=1S/C16H24N2O2/c1-6-15(11(2)3)17-18-16(19)10-20-14-8-12(4)7-13(5)9-14/h7-9,11H,6,10H2,1-5H3,(H,18,19)/b17-15-. The topological polar surface area (TPSA) is 50.7 Å². The molecule has 0 bridgehead atoms. The molecule has 0 saturated carbocycles. The van der Waals surface area contributed by atoms with E-state index < -0.39 is 0 Å². The van der Waals surface area contributed by atoms with Gasteiger partial charge in [0.2, 0.25) is 0 Å². The van der Waals surface area contributed by atoms with E-state index in [1.54, 1.807) is 0 Å². The number of aryl methyl sites for hydroxylation is 2. The van der Waals surface area contributed by atoms with Gasteiger partial charge in [0.25, 0.3) is 5.91 Å². The first-order valence-corrected chi connectivity index (χ1v) is 6.98. The third kappa shape index (κ3) is 5.43. The van der Waals surface area contributed by atoms with Gasteiger partial charge in [-0.05, 0) is 49.4 Å². The van der Waals surface area contributed by atoms with Gasteiger partial charge in [0.1, 0.15) is 5.75 Å². The van der Waals surface area contributed by atoms with Gasteiger partial charge in [-0.1, -0.05) is 26.8 Å². The molecule has 1 aromatic carbocycles. The van der Waals surface area contributed by atoms with E-state index >= 15 is 0 Å². The third-order valence-electron chi connectivity index (χ3n) is 2.92. The summed E-state index contributed by atoms with van der Waals surface area (Å²) in [6.07, 6.45) is 0.829. The molecule has 1 rings (SSSR count). The van der Waals surface area contributed by atoms with Crippen molar-refractivity contribution >= 4 is 11.6 Å². The van der Waals surface area contributed by atoms with Gasteiger partial charge in [0.05, 0.1) is 0 Å². The summed E-state index contributed by atoms with van der Waals surface area (Å²) >= 11 is 0. The number of nitrogens with zero attached hydrogens (tertiary/aromatic N) is 1. The maximum atomic E-state index is 11.7. The number of carbonyl (C=O) groups excluding carboxylic acids is 1. The van der Waals surface area contributed by atoms with Gasteiger partial charge in [-0.25, -0.2) is 5.43 Å². The second-order valence-corrected chi connectivity index (χ2v) is 5.26. The number of hydrogen-bond acceptors (Lipinski definition) is 3. The molecule has 0 aliphatic carbocycles. The first kappa shape index (κ1) is 16.2. The zero-order valence-corrected chi connectivity index (χ0v) is 13.0. The second kappa shape index (κ2) is 7.68. The molecule has 0 fully saturated rings. The summed E-state index contributed by atoms with van der Waals surface area (Å²) in [7, 11) is 0. The van der Waals surface area contributed by atoms with Gasteiger partial charge in [-0.3, -0.25) is 4.79 Å². The smallest absolute Gasteiger partial charge is 0.277 e. The molecule has 0 unspecified atom stereocenters. The Balaban J connectivity index is 2.51. The molecule has 110 valence electrons. The van der Waals surface area contributed by atoms with Crippen molar-refractivity contribution in [1.29, 1.82) is 0 Å². The van der Waals surface area contributed by atoms with E-state index in [9.17, 15) is 4.79 Å². The van der Waals surface area contributed by atoms with Crippen LogP contribution in [0.15, 0.2) is 23.3 Å². The van der Waals surface area contributed by atoms with Crippen molar-refractivity contribution < 1.29 is 9.53 Å². The highest BCUT2D eigenvalue weighted by Gasteiger charge is 2.06. The van der Waals surface area contributed by atoms with Crippen LogP contribution in [0.3, 0.4) is 0 Å². The van der Waals surface area contributed by atoms with Crippen molar-refractivity contribution in [2.75, 3.05) is 6.61 Å². The minimum atomic E-state index is -0.240. The van der Waals surface area contributed by atoms with Crippen LogP contribution in [0, 0.1) is 19.8 Å². The molecule has 1 N–H and O–H groups in total. The Morgan fingerprint density at radius 2 is 1.85 bits per heavy atom. The molecule has 0 aliphatic rings. The van der Waals surface area contributed by atoms with Crippen LogP contribution in [0.2, 0.25) is 0 Å². The SMILES string of the molecule is CC/C(=N/NC(=O)COc1cc(C)cc(C)c1)C(C)C. The van der Waals surface area contributed by atoms with Crippen LogP contribution in [0.4, 0.5) is 0 Å². The van der Waals surface area contributed by atoms with Crippen molar-refractivity contribution in [3.05, 3.63) is 29.3 Å². The Morgan fingerprint density at radius 3 is 2.35 bits per heavy atom. The molecule has 0 atom stereocenters. The highest BCUT2D eigenvalue weighted by Crippen LogP contribution is 2.15. The summed E-state index contributed by atoms with van der Waals surface area (Å²) in [5.74, 6) is 0.803. The van der Waals surface area contributed by atoms with E-state index in [1.807, 2.05) is 32.9 Å². The van der Waals surface area contributed by atoms with Gasteiger partial charge in [-0.15, -0.1) is 0 Å². The lowest BCUT2D eigenvalue weighted by atomic mass is 10.1. The summed E-state index contributed by atoms with van der Waals surface area (Å²) in [5, 5.41) is 4.13. The number of amides is 1. The summed E-state index contributed by atoms with van der Waals surface area (Å²) < 4.78 is 5.47. The van der Waals surface area contributed by atoms with Gasteiger partial charge in [-0.2, -0.15) is 5.10 Å². The van der Waals surface area contributed by atoms with Crippen LogP contribution < -0.4 is 10.2 Å². The maximum Gasteiger partial charge on any atom is 0.277 e. The lowest BCUT2D eigenvalue weighted by molar-refractivity contribution is -0.123. The highest BCUT2D eigenvalue weighted by atomic mass is 16.5. The van der Waals surface area contributed by atoms with Crippen LogP contribution in [0.25, 0.3) is 0 Å². The molecule has 1 aromatic rings. The van der Waals surface area contributed by atoms with Gasteiger partial charge in [0.15, 0.2) is 6.61 Å². The van der Waals surface area contributed by atoms with Crippen molar-refractivity contribution in [3.8, 4) is 5.75 Å². The van der Waals surface area contributed by atoms with Crippen LogP contribution in [-0.4, -0.2) is 18.2 Å². The Bertz CT molecular complexity index is 473. The van der Waals surface area contributed by atoms with E-state index in [4.69, 9.17) is 4.74 Å². The molecular weight excluding hydrogens is 252 g/mol. The van der Waals surface area contributed by atoms with Crippen LogP contribution in [-0.2, 0) is 4.79 Å². The molecule has 0 saturated heterocycles. The molecule has 0 heterocycles. The van der Waals surface area contributed by atoms with Crippen molar-refractivity contribution in [2.45, 2.75) is 41.0 Å². The van der Waals surface area contributed by atoms with Gasteiger partial charge in [0, 0.05) is 5.71 Å². The summed E-state index contributed by atoms with van der Waals surface area (Å²) in [6, 6.07) is 5.89. The molecule has 20 heavy (non-hydrogen) atoms. The highest BCUT2D eigenvalue weighted by molar-refractivity contribution is 5.87. The monoisotopic (exact) mass is 276 g/mol. The lowest BCUT2D eigenvalue weighted by Crippen LogP contribution is -2.26. The van der Waals surface area contributed by atoms with Crippen LogP contribution >= 0.6 is 0 Å². The van der Waals surface area contributed by atoms with E-state index in [-0.39, 0.29) is 12.5 Å². The second-order valence-electron chi connectivity index (χ2n) is 5.26. The number of carbonyl (C=O) groups is 1. The summed E-state index contributed by atoms with van der Waals surface area (Å²) in [6.45, 7) is 10.1.